The van der Waals surface area contributed by atoms with E-state index >= 15 is 0 Å². The van der Waals surface area contributed by atoms with E-state index in [0.717, 1.165) is 61.0 Å². The maximum atomic E-state index is 13.0. The quantitative estimate of drug-likeness (QED) is 0.915. The summed E-state index contributed by atoms with van der Waals surface area (Å²) in [5.41, 5.74) is 2.67. The first-order valence-electron chi connectivity index (χ1n) is 9.37. The van der Waals surface area contributed by atoms with Crippen molar-refractivity contribution in [2.75, 3.05) is 19.8 Å². The van der Waals surface area contributed by atoms with Gasteiger partial charge in [-0.1, -0.05) is 0 Å². The van der Waals surface area contributed by atoms with Crippen molar-refractivity contribution in [1.29, 1.82) is 0 Å². The number of H-pyrrole nitrogens is 1. The molecule has 1 amide bonds. The molecular weight excluding hydrogens is 330 g/mol. The number of ether oxygens (including phenoxy) is 1. The third kappa shape index (κ3) is 3.35. The number of nitrogens with zero attached hydrogens (tertiary/aromatic N) is 4. The normalized spacial score (nSPS) is 21.3. The van der Waals surface area contributed by atoms with E-state index < -0.39 is 0 Å². The van der Waals surface area contributed by atoms with Crippen LogP contribution in [0.2, 0.25) is 0 Å². The molecule has 2 aromatic rings. The lowest BCUT2D eigenvalue weighted by Crippen LogP contribution is -2.38. The largest absolute Gasteiger partial charge is 0.381 e. The molecule has 2 fully saturated rings. The van der Waals surface area contributed by atoms with E-state index in [1.54, 1.807) is 6.20 Å². The lowest BCUT2D eigenvalue weighted by Gasteiger charge is -2.30. The molecule has 26 heavy (non-hydrogen) atoms. The van der Waals surface area contributed by atoms with Gasteiger partial charge in [-0.25, -0.2) is 15.0 Å². The summed E-state index contributed by atoms with van der Waals surface area (Å²) < 4.78 is 5.40. The minimum atomic E-state index is -0.0416. The summed E-state index contributed by atoms with van der Waals surface area (Å²) in [5.74, 6) is 1.78. The van der Waals surface area contributed by atoms with Crippen molar-refractivity contribution >= 4 is 5.91 Å². The maximum absolute atomic E-state index is 13.0. The Labute approximate surface area is 153 Å². The first kappa shape index (κ1) is 17.1. The average Bonchev–Trinajstić information content (AvgIpc) is 3.30. The Kier molecular flexibility index (Phi) is 4.72. The molecule has 2 aromatic heterocycles. The number of carbonyl (C=O) groups excluding carboxylic acids is 1. The number of rotatable bonds is 3. The fraction of sp³-hybridized carbons (Fsp3) is 0.579. The van der Waals surface area contributed by atoms with Gasteiger partial charge in [0, 0.05) is 43.3 Å². The average molecular weight is 355 g/mol. The van der Waals surface area contributed by atoms with E-state index in [0.29, 0.717) is 13.2 Å². The highest BCUT2D eigenvalue weighted by molar-refractivity contribution is 5.79. The van der Waals surface area contributed by atoms with Gasteiger partial charge in [0.2, 0.25) is 5.91 Å². The molecule has 0 spiro atoms. The van der Waals surface area contributed by atoms with Crippen LogP contribution in [0.3, 0.4) is 0 Å². The zero-order valence-corrected chi connectivity index (χ0v) is 15.4. The summed E-state index contributed by atoms with van der Waals surface area (Å²) in [6.45, 7) is 6.07. The van der Waals surface area contributed by atoms with Crippen molar-refractivity contribution < 1.29 is 9.53 Å². The topological polar surface area (TPSA) is 84.0 Å². The standard InChI is InChI=1S/C19H25N5O2/c1-12-10-15(17-20-11-13(2)22-17)23-18(21-12)16-4-3-7-24(16)19(25)14-5-8-26-9-6-14/h10-11,14,16H,3-9H2,1-2H3,(H,20,22)/t16-/m1/s1. The molecular formula is C19H25N5O2. The minimum absolute atomic E-state index is 0.0416. The van der Waals surface area contributed by atoms with Gasteiger partial charge in [0.05, 0.1) is 6.04 Å². The lowest BCUT2D eigenvalue weighted by molar-refractivity contribution is -0.139. The molecule has 0 aromatic carbocycles. The Morgan fingerprint density at radius 1 is 1.23 bits per heavy atom. The zero-order valence-electron chi connectivity index (χ0n) is 15.4. The van der Waals surface area contributed by atoms with Crippen LogP contribution in [-0.2, 0) is 9.53 Å². The predicted molar refractivity (Wildman–Crippen MR) is 96.3 cm³/mol. The number of amides is 1. The molecule has 4 rings (SSSR count). The number of aromatic amines is 1. The monoisotopic (exact) mass is 355 g/mol. The highest BCUT2D eigenvalue weighted by Gasteiger charge is 2.36. The van der Waals surface area contributed by atoms with E-state index in [1.807, 2.05) is 24.8 Å². The Balaban J connectivity index is 1.61. The SMILES string of the molecule is Cc1cc(-c2ncc(C)[nH]2)nc([C@H]2CCCN2C(=O)C2CCOCC2)n1. The molecule has 2 saturated heterocycles. The fourth-order valence-corrected chi connectivity index (χ4v) is 3.88. The second-order valence-corrected chi connectivity index (χ2v) is 7.24. The van der Waals surface area contributed by atoms with Crippen LogP contribution in [0.1, 0.15) is 48.9 Å². The zero-order chi connectivity index (χ0) is 18.1. The first-order valence-corrected chi connectivity index (χ1v) is 9.37. The van der Waals surface area contributed by atoms with Gasteiger partial charge in [0.15, 0.2) is 11.6 Å². The van der Waals surface area contributed by atoms with Crippen molar-refractivity contribution in [3.63, 3.8) is 0 Å². The van der Waals surface area contributed by atoms with Gasteiger partial charge in [-0.3, -0.25) is 4.79 Å². The van der Waals surface area contributed by atoms with E-state index in [2.05, 4.69) is 15.0 Å². The highest BCUT2D eigenvalue weighted by atomic mass is 16.5. The van der Waals surface area contributed by atoms with Crippen molar-refractivity contribution in [3.05, 3.63) is 29.5 Å². The van der Waals surface area contributed by atoms with Crippen molar-refractivity contribution in [2.45, 2.75) is 45.6 Å². The third-order valence-electron chi connectivity index (χ3n) is 5.22. The molecule has 7 heteroatoms. The summed E-state index contributed by atoms with van der Waals surface area (Å²) in [7, 11) is 0. The van der Waals surface area contributed by atoms with Gasteiger partial charge in [-0.05, 0) is 45.6 Å². The van der Waals surface area contributed by atoms with Crippen LogP contribution < -0.4 is 0 Å². The Bertz CT molecular complexity index is 797. The summed E-state index contributed by atoms with van der Waals surface area (Å²) in [6.07, 6.45) is 5.32. The van der Waals surface area contributed by atoms with Crippen molar-refractivity contribution in [1.82, 2.24) is 24.8 Å². The van der Waals surface area contributed by atoms with Crippen LogP contribution in [0.25, 0.3) is 11.5 Å². The van der Waals surface area contributed by atoms with Crippen LogP contribution in [-0.4, -0.2) is 50.5 Å². The van der Waals surface area contributed by atoms with Gasteiger partial charge < -0.3 is 14.6 Å². The molecule has 0 aliphatic carbocycles. The smallest absolute Gasteiger partial charge is 0.226 e. The number of hydrogen-bond donors (Lipinski definition) is 1. The second kappa shape index (κ2) is 7.15. The number of carbonyl (C=O) groups is 1. The molecule has 2 aliphatic heterocycles. The molecule has 1 atom stereocenters. The van der Waals surface area contributed by atoms with Crippen LogP contribution >= 0.6 is 0 Å². The van der Waals surface area contributed by atoms with E-state index in [-0.39, 0.29) is 17.9 Å². The fourth-order valence-electron chi connectivity index (χ4n) is 3.88. The maximum Gasteiger partial charge on any atom is 0.226 e. The van der Waals surface area contributed by atoms with Crippen LogP contribution in [0.15, 0.2) is 12.3 Å². The number of imidazole rings is 1. The van der Waals surface area contributed by atoms with E-state index in [4.69, 9.17) is 9.72 Å². The van der Waals surface area contributed by atoms with Gasteiger partial charge in [-0.15, -0.1) is 0 Å². The summed E-state index contributed by atoms with van der Waals surface area (Å²) in [6, 6.07) is 1.89. The summed E-state index contributed by atoms with van der Waals surface area (Å²) in [4.78, 5) is 32.0. The van der Waals surface area contributed by atoms with Gasteiger partial charge >= 0.3 is 0 Å². The molecule has 1 N–H and O–H groups in total. The third-order valence-corrected chi connectivity index (χ3v) is 5.22. The second-order valence-electron chi connectivity index (χ2n) is 7.24. The Morgan fingerprint density at radius 3 is 2.77 bits per heavy atom. The van der Waals surface area contributed by atoms with Crippen molar-refractivity contribution in [3.8, 4) is 11.5 Å². The molecule has 0 unspecified atom stereocenters. The lowest BCUT2D eigenvalue weighted by atomic mass is 9.98. The van der Waals surface area contributed by atoms with Crippen LogP contribution in [0, 0.1) is 19.8 Å². The van der Waals surface area contributed by atoms with E-state index in [9.17, 15) is 4.79 Å². The van der Waals surface area contributed by atoms with Crippen LogP contribution in [0.4, 0.5) is 0 Å². The summed E-state index contributed by atoms with van der Waals surface area (Å²) >= 11 is 0. The van der Waals surface area contributed by atoms with Crippen molar-refractivity contribution in [2.24, 2.45) is 5.92 Å². The van der Waals surface area contributed by atoms with Gasteiger partial charge in [-0.2, -0.15) is 0 Å². The predicted octanol–water partition coefficient (Wildman–Crippen LogP) is 2.57. The first-order chi connectivity index (χ1) is 12.6. The molecule has 2 aliphatic rings. The molecule has 4 heterocycles. The van der Waals surface area contributed by atoms with Gasteiger partial charge in [0.25, 0.3) is 0 Å². The number of hydrogen-bond acceptors (Lipinski definition) is 5. The minimum Gasteiger partial charge on any atom is -0.381 e. The number of likely N-dealkylation sites (tertiary alicyclic amines) is 1. The van der Waals surface area contributed by atoms with Crippen LogP contribution in [0.5, 0.6) is 0 Å². The van der Waals surface area contributed by atoms with E-state index in [1.165, 1.54) is 0 Å². The summed E-state index contributed by atoms with van der Waals surface area (Å²) in [5, 5.41) is 0. The molecule has 0 bridgehead atoms. The Hall–Kier alpha value is -2.28. The molecule has 138 valence electrons. The molecule has 7 nitrogen and oxygen atoms in total. The number of aromatic nitrogens is 4. The molecule has 0 radical (unpaired) electrons. The molecule has 0 saturated carbocycles. The van der Waals surface area contributed by atoms with Gasteiger partial charge in [0.1, 0.15) is 5.69 Å². The number of nitrogens with one attached hydrogen (secondary N) is 1. The highest BCUT2D eigenvalue weighted by Crippen LogP contribution is 2.33. The Morgan fingerprint density at radius 2 is 2.04 bits per heavy atom. The number of aryl methyl sites for hydroxylation is 2.